The summed E-state index contributed by atoms with van der Waals surface area (Å²) in [4.78, 5) is 25.7. The van der Waals surface area contributed by atoms with Crippen LogP contribution in [-0.4, -0.2) is 33.5 Å². The molecule has 2 aromatic carbocycles. The van der Waals surface area contributed by atoms with Crippen LogP contribution in [0.5, 0.6) is 5.75 Å². The van der Waals surface area contributed by atoms with Gasteiger partial charge in [0.15, 0.2) is 0 Å². The van der Waals surface area contributed by atoms with E-state index in [0.29, 0.717) is 24.2 Å². The zero-order chi connectivity index (χ0) is 19.6. The van der Waals surface area contributed by atoms with Gasteiger partial charge in [0.2, 0.25) is 0 Å². The molecule has 0 bridgehead atoms. The Hall–Kier alpha value is -3.80. The first-order chi connectivity index (χ1) is 14.3. The second kappa shape index (κ2) is 7.31. The molecular formula is C23H18N4O2. The zero-order valence-electron chi connectivity index (χ0n) is 15.6. The smallest absolute Gasteiger partial charge is 0.271 e. The van der Waals surface area contributed by atoms with Crippen molar-refractivity contribution in [2.45, 2.75) is 12.5 Å². The predicted octanol–water partition coefficient (Wildman–Crippen LogP) is 3.43. The van der Waals surface area contributed by atoms with Crippen molar-refractivity contribution in [3.05, 3.63) is 84.4 Å². The molecule has 1 amide bonds. The van der Waals surface area contributed by atoms with Crippen molar-refractivity contribution < 1.29 is 9.53 Å². The van der Waals surface area contributed by atoms with Gasteiger partial charge in [0.25, 0.3) is 5.91 Å². The van der Waals surface area contributed by atoms with Crippen LogP contribution in [0.2, 0.25) is 0 Å². The lowest BCUT2D eigenvalue weighted by molar-refractivity contribution is 0.0910. The fourth-order valence-corrected chi connectivity index (χ4v) is 3.62. The third-order valence-corrected chi connectivity index (χ3v) is 5.01. The van der Waals surface area contributed by atoms with E-state index in [1.54, 1.807) is 6.20 Å². The van der Waals surface area contributed by atoms with Crippen LogP contribution in [-0.2, 0) is 6.42 Å². The normalized spacial score (nSPS) is 15.4. The number of hydrogen-bond donors (Lipinski definition) is 1. The van der Waals surface area contributed by atoms with E-state index in [1.165, 1.54) is 6.20 Å². The second-order valence-electron chi connectivity index (χ2n) is 6.95. The molecule has 142 valence electrons. The average molecular weight is 382 g/mol. The highest BCUT2D eigenvalue weighted by molar-refractivity contribution is 5.94. The first kappa shape index (κ1) is 17.3. The molecular weight excluding hydrogens is 364 g/mol. The Morgan fingerprint density at radius 2 is 1.90 bits per heavy atom. The van der Waals surface area contributed by atoms with Crippen LogP contribution in [0.25, 0.3) is 22.2 Å². The van der Waals surface area contributed by atoms with Crippen LogP contribution in [0.15, 0.2) is 73.2 Å². The summed E-state index contributed by atoms with van der Waals surface area (Å²) >= 11 is 0. The summed E-state index contributed by atoms with van der Waals surface area (Å²) in [6.45, 7) is 0.413. The van der Waals surface area contributed by atoms with Crippen LogP contribution in [0, 0.1) is 0 Å². The van der Waals surface area contributed by atoms with E-state index in [9.17, 15) is 4.79 Å². The molecule has 4 aromatic rings. The molecule has 1 N–H and O–H groups in total. The highest BCUT2D eigenvalue weighted by atomic mass is 16.5. The van der Waals surface area contributed by atoms with Crippen molar-refractivity contribution in [3.63, 3.8) is 0 Å². The van der Waals surface area contributed by atoms with Crippen LogP contribution in [0.3, 0.4) is 0 Å². The predicted molar refractivity (Wildman–Crippen MR) is 110 cm³/mol. The SMILES string of the molecule is O=C(N[C@@H]1COc2cccc(-c3cccnc3)c2C1)c1cnc2ccccc2n1. The summed E-state index contributed by atoms with van der Waals surface area (Å²) in [5.41, 5.74) is 4.93. The molecule has 0 saturated heterocycles. The van der Waals surface area contributed by atoms with E-state index in [2.05, 4.69) is 26.3 Å². The van der Waals surface area contributed by atoms with Crippen LogP contribution in [0.1, 0.15) is 16.1 Å². The Kier molecular flexibility index (Phi) is 4.37. The zero-order valence-corrected chi connectivity index (χ0v) is 15.6. The van der Waals surface area contributed by atoms with Gasteiger partial charge in [0, 0.05) is 29.9 Å². The number of rotatable bonds is 3. The quantitative estimate of drug-likeness (QED) is 0.587. The number of amides is 1. The van der Waals surface area contributed by atoms with Crippen molar-refractivity contribution in [1.82, 2.24) is 20.3 Å². The first-order valence-corrected chi connectivity index (χ1v) is 9.46. The van der Waals surface area contributed by atoms with Crippen LogP contribution < -0.4 is 10.1 Å². The van der Waals surface area contributed by atoms with Gasteiger partial charge in [-0.15, -0.1) is 0 Å². The Labute approximate surface area is 167 Å². The maximum absolute atomic E-state index is 12.7. The van der Waals surface area contributed by atoms with Gasteiger partial charge < -0.3 is 10.1 Å². The summed E-state index contributed by atoms with van der Waals surface area (Å²) in [6.07, 6.45) is 5.77. The maximum Gasteiger partial charge on any atom is 0.271 e. The monoisotopic (exact) mass is 382 g/mol. The van der Waals surface area contributed by atoms with Crippen molar-refractivity contribution >= 4 is 16.9 Å². The van der Waals surface area contributed by atoms with E-state index in [4.69, 9.17) is 4.74 Å². The molecule has 0 radical (unpaired) electrons. The number of nitrogens with zero attached hydrogens (tertiary/aromatic N) is 3. The molecule has 29 heavy (non-hydrogen) atoms. The molecule has 0 spiro atoms. The lowest BCUT2D eigenvalue weighted by atomic mass is 9.93. The van der Waals surface area contributed by atoms with Gasteiger partial charge in [-0.05, 0) is 29.8 Å². The number of aromatic nitrogens is 3. The second-order valence-corrected chi connectivity index (χ2v) is 6.95. The van der Waals surface area contributed by atoms with Gasteiger partial charge in [-0.3, -0.25) is 14.8 Å². The Morgan fingerprint density at radius 3 is 2.76 bits per heavy atom. The van der Waals surface area contributed by atoms with Gasteiger partial charge in [-0.1, -0.05) is 30.3 Å². The molecule has 3 heterocycles. The van der Waals surface area contributed by atoms with E-state index < -0.39 is 0 Å². The summed E-state index contributed by atoms with van der Waals surface area (Å²) < 4.78 is 5.93. The van der Waals surface area contributed by atoms with Gasteiger partial charge in [-0.25, -0.2) is 4.98 Å². The van der Waals surface area contributed by atoms with Crippen molar-refractivity contribution in [2.75, 3.05) is 6.61 Å². The Balaban J connectivity index is 1.38. The topological polar surface area (TPSA) is 77.0 Å². The standard InChI is InChI=1S/C23H18N4O2/c28-23(21-13-25-19-7-1-2-8-20(19)27-21)26-16-11-18-17(15-5-4-10-24-12-15)6-3-9-22(18)29-14-16/h1-10,12-13,16H,11,14H2,(H,26,28)/t16-/m0/s1. The van der Waals surface area contributed by atoms with Crippen molar-refractivity contribution in [1.29, 1.82) is 0 Å². The average Bonchev–Trinajstić information content (AvgIpc) is 2.79. The number of para-hydroxylation sites is 2. The van der Waals surface area contributed by atoms with Gasteiger partial charge in [-0.2, -0.15) is 0 Å². The van der Waals surface area contributed by atoms with Gasteiger partial charge in [0.05, 0.1) is 23.3 Å². The van der Waals surface area contributed by atoms with Gasteiger partial charge in [0.1, 0.15) is 18.1 Å². The number of benzene rings is 2. The Morgan fingerprint density at radius 1 is 1.00 bits per heavy atom. The largest absolute Gasteiger partial charge is 0.491 e. The molecule has 1 aliphatic rings. The lowest BCUT2D eigenvalue weighted by Crippen LogP contribution is -2.43. The molecule has 5 rings (SSSR count). The van der Waals surface area contributed by atoms with Crippen LogP contribution in [0.4, 0.5) is 0 Å². The number of carbonyl (C=O) groups excluding carboxylic acids is 1. The van der Waals surface area contributed by atoms with Gasteiger partial charge >= 0.3 is 0 Å². The molecule has 0 unspecified atom stereocenters. The maximum atomic E-state index is 12.7. The number of carbonyl (C=O) groups is 1. The van der Waals surface area contributed by atoms with Crippen molar-refractivity contribution in [3.8, 4) is 16.9 Å². The van der Waals surface area contributed by atoms with Crippen molar-refractivity contribution in [2.24, 2.45) is 0 Å². The lowest BCUT2D eigenvalue weighted by Gasteiger charge is -2.27. The first-order valence-electron chi connectivity index (χ1n) is 9.46. The minimum atomic E-state index is -0.251. The minimum Gasteiger partial charge on any atom is -0.491 e. The van der Waals surface area contributed by atoms with E-state index in [-0.39, 0.29) is 11.9 Å². The molecule has 0 fully saturated rings. The number of ether oxygens (including phenoxy) is 1. The highest BCUT2D eigenvalue weighted by Crippen LogP contribution is 2.34. The fourth-order valence-electron chi connectivity index (χ4n) is 3.62. The third-order valence-electron chi connectivity index (χ3n) is 5.01. The summed E-state index contributed by atoms with van der Waals surface area (Å²) in [5, 5.41) is 3.04. The molecule has 1 atom stereocenters. The summed E-state index contributed by atoms with van der Waals surface area (Å²) in [7, 11) is 0. The summed E-state index contributed by atoms with van der Waals surface area (Å²) in [5.74, 6) is 0.599. The molecule has 6 heteroatoms. The van der Waals surface area contributed by atoms with E-state index >= 15 is 0 Å². The molecule has 6 nitrogen and oxygen atoms in total. The van der Waals surface area contributed by atoms with E-state index in [1.807, 2.05) is 54.7 Å². The third kappa shape index (κ3) is 3.40. The molecule has 0 saturated carbocycles. The number of pyridine rings is 1. The fraction of sp³-hybridized carbons (Fsp3) is 0.130. The molecule has 1 aliphatic heterocycles. The van der Waals surface area contributed by atoms with E-state index in [0.717, 1.165) is 28.0 Å². The van der Waals surface area contributed by atoms with Crippen LogP contribution >= 0.6 is 0 Å². The molecule has 2 aromatic heterocycles. The number of nitrogens with one attached hydrogen (secondary N) is 1. The highest BCUT2D eigenvalue weighted by Gasteiger charge is 2.25. The summed E-state index contributed by atoms with van der Waals surface area (Å²) in [6, 6.07) is 17.3. The number of hydrogen-bond acceptors (Lipinski definition) is 5. The minimum absolute atomic E-state index is 0.152. The molecule has 0 aliphatic carbocycles. The number of fused-ring (bicyclic) bond motifs is 2. The Bertz CT molecular complexity index is 1190.